The zero-order valence-corrected chi connectivity index (χ0v) is 13.8. The summed E-state index contributed by atoms with van der Waals surface area (Å²) < 4.78 is 41.7. The molecule has 1 aromatic heterocycles. The highest BCUT2D eigenvalue weighted by Gasteiger charge is 2.34. The second-order valence-corrected chi connectivity index (χ2v) is 6.52. The zero-order chi connectivity index (χ0) is 17.0. The SMILES string of the molecule is CS[C@H]1CCC[C@H]1N(C)C(=O)c1ncccc1OCC(F)(F)F. The number of carbonyl (C=O) groups is 1. The van der Waals surface area contributed by atoms with Crippen molar-refractivity contribution >= 4 is 17.7 Å². The summed E-state index contributed by atoms with van der Waals surface area (Å²) in [4.78, 5) is 18.1. The van der Waals surface area contributed by atoms with Gasteiger partial charge in [-0.2, -0.15) is 24.9 Å². The Balaban J connectivity index is 2.15. The molecule has 2 rings (SSSR count). The van der Waals surface area contributed by atoms with Gasteiger partial charge in [-0.25, -0.2) is 4.98 Å². The molecule has 4 nitrogen and oxygen atoms in total. The first kappa shape index (κ1) is 17.9. The molecule has 0 spiro atoms. The summed E-state index contributed by atoms with van der Waals surface area (Å²) in [6.07, 6.45) is 1.87. The van der Waals surface area contributed by atoms with Gasteiger partial charge >= 0.3 is 6.18 Å². The molecule has 1 fully saturated rings. The molecule has 0 N–H and O–H groups in total. The Morgan fingerprint density at radius 2 is 2.22 bits per heavy atom. The van der Waals surface area contributed by atoms with Crippen LogP contribution in [-0.4, -0.2) is 53.2 Å². The standard InChI is InChI=1S/C15H19F3N2O2S/c1-20(10-5-3-7-12(10)23-2)14(21)13-11(6-4-8-19-13)22-9-15(16,17)18/h4,6,8,10,12H,3,5,7,9H2,1-2H3/t10-,12+/m1/s1. The van der Waals surface area contributed by atoms with Crippen LogP contribution in [0.25, 0.3) is 0 Å². The van der Waals surface area contributed by atoms with Crippen LogP contribution in [0.2, 0.25) is 0 Å². The second kappa shape index (κ2) is 7.42. The monoisotopic (exact) mass is 348 g/mol. The predicted octanol–water partition coefficient (Wildman–Crippen LogP) is 3.38. The molecule has 1 aliphatic rings. The second-order valence-electron chi connectivity index (χ2n) is 5.44. The highest BCUT2D eigenvalue weighted by Crippen LogP contribution is 2.33. The molecular weight excluding hydrogens is 329 g/mol. The van der Waals surface area contributed by atoms with Gasteiger partial charge in [0.1, 0.15) is 0 Å². The normalized spacial score (nSPS) is 21.3. The molecule has 23 heavy (non-hydrogen) atoms. The van der Waals surface area contributed by atoms with E-state index in [4.69, 9.17) is 4.74 Å². The van der Waals surface area contributed by atoms with Gasteiger partial charge in [0.2, 0.25) is 0 Å². The number of ether oxygens (including phenoxy) is 1. The number of carbonyl (C=O) groups excluding carboxylic acids is 1. The lowest BCUT2D eigenvalue weighted by Gasteiger charge is -2.29. The van der Waals surface area contributed by atoms with E-state index in [1.165, 1.54) is 18.3 Å². The van der Waals surface area contributed by atoms with E-state index in [2.05, 4.69) is 4.98 Å². The van der Waals surface area contributed by atoms with E-state index in [0.29, 0.717) is 5.25 Å². The molecule has 0 radical (unpaired) electrons. The Bertz CT molecular complexity index is 554. The summed E-state index contributed by atoms with van der Waals surface area (Å²) in [7, 11) is 1.67. The van der Waals surface area contributed by atoms with E-state index < -0.39 is 18.7 Å². The van der Waals surface area contributed by atoms with Crippen LogP contribution in [0.5, 0.6) is 5.75 Å². The molecule has 128 valence electrons. The third-order valence-electron chi connectivity index (χ3n) is 3.90. The first-order valence-corrected chi connectivity index (χ1v) is 8.57. The molecule has 8 heteroatoms. The largest absolute Gasteiger partial charge is 0.482 e. The topological polar surface area (TPSA) is 42.4 Å². The molecule has 1 saturated carbocycles. The van der Waals surface area contributed by atoms with Gasteiger partial charge in [-0.1, -0.05) is 6.42 Å². The number of aromatic nitrogens is 1. The Hall–Kier alpha value is -1.44. The maximum absolute atomic E-state index is 12.6. The van der Waals surface area contributed by atoms with E-state index in [1.54, 1.807) is 23.7 Å². The third kappa shape index (κ3) is 4.53. The molecule has 0 aliphatic heterocycles. The minimum atomic E-state index is -4.46. The number of halogens is 3. The highest BCUT2D eigenvalue weighted by molar-refractivity contribution is 7.99. The predicted molar refractivity (Wildman–Crippen MR) is 82.8 cm³/mol. The van der Waals surface area contributed by atoms with Crippen LogP contribution in [0.15, 0.2) is 18.3 Å². The highest BCUT2D eigenvalue weighted by atomic mass is 32.2. The van der Waals surface area contributed by atoms with Crippen molar-refractivity contribution in [2.75, 3.05) is 19.9 Å². The maximum atomic E-state index is 12.6. The van der Waals surface area contributed by atoms with Crippen molar-refractivity contribution in [1.82, 2.24) is 9.88 Å². The Labute approximate surface area is 137 Å². The summed E-state index contributed by atoms with van der Waals surface area (Å²) >= 11 is 1.70. The van der Waals surface area contributed by atoms with Gasteiger partial charge in [-0.3, -0.25) is 4.79 Å². The van der Waals surface area contributed by atoms with Crippen molar-refractivity contribution in [3.8, 4) is 5.75 Å². The minimum Gasteiger partial charge on any atom is -0.482 e. The summed E-state index contributed by atoms with van der Waals surface area (Å²) in [5, 5.41) is 0.340. The van der Waals surface area contributed by atoms with E-state index in [1.807, 2.05) is 6.26 Å². The molecule has 1 amide bonds. The van der Waals surface area contributed by atoms with Gasteiger partial charge in [-0.15, -0.1) is 0 Å². The van der Waals surface area contributed by atoms with Crippen LogP contribution in [0.1, 0.15) is 29.8 Å². The molecule has 1 heterocycles. The summed E-state index contributed by atoms with van der Waals surface area (Å²) in [5.41, 5.74) is -0.0778. The fraction of sp³-hybridized carbons (Fsp3) is 0.600. The van der Waals surface area contributed by atoms with Gasteiger partial charge in [0.15, 0.2) is 18.1 Å². The van der Waals surface area contributed by atoms with Crippen molar-refractivity contribution in [1.29, 1.82) is 0 Å². The van der Waals surface area contributed by atoms with Gasteiger partial charge in [-0.05, 0) is 31.2 Å². The van der Waals surface area contributed by atoms with E-state index in [-0.39, 0.29) is 17.5 Å². The molecule has 0 bridgehead atoms. The maximum Gasteiger partial charge on any atom is 0.422 e. The molecule has 0 aromatic carbocycles. The average molecular weight is 348 g/mol. The van der Waals surface area contributed by atoms with Crippen molar-refractivity contribution in [3.05, 3.63) is 24.0 Å². The first-order valence-electron chi connectivity index (χ1n) is 7.28. The number of pyridine rings is 1. The fourth-order valence-corrected chi connectivity index (χ4v) is 3.80. The molecule has 1 aliphatic carbocycles. The lowest BCUT2D eigenvalue weighted by Crippen LogP contribution is -2.41. The van der Waals surface area contributed by atoms with Gasteiger partial charge < -0.3 is 9.64 Å². The smallest absolute Gasteiger partial charge is 0.422 e. The quantitative estimate of drug-likeness (QED) is 0.818. The molecular formula is C15H19F3N2O2S. The lowest BCUT2D eigenvalue weighted by molar-refractivity contribution is -0.153. The van der Waals surface area contributed by atoms with Crippen LogP contribution in [0.3, 0.4) is 0 Å². The third-order valence-corrected chi connectivity index (χ3v) is 5.06. The fourth-order valence-electron chi connectivity index (χ4n) is 2.77. The van der Waals surface area contributed by atoms with E-state index >= 15 is 0 Å². The van der Waals surface area contributed by atoms with Crippen LogP contribution in [0.4, 0.5) is 13.2 Å². The zero-order valence-electron chi connectivity index (χ0n) is 13.0. The number of thioether (sulfide) groups is 1. The van der Waals surface area contributed by atoms with Crippen molar-refractivity contribution in [3.63, 3.8) is 0 Å². The van der Waals surface area contributed by atoms with E-state index in [0.717, 1.165) is 19.3 Å². The van der Waals surface area contributed by atoms with Crippen molar-refractivity contribution in [2.45, 2.75) is 36.7 Å². The Morgan fingerprint density at radius 1 is 1.48 bits per heavy atom. The molecule has 0 unspecified atom stereocenters. The number of alkyl halides is 3. The van der Waals surface area contributed by atoms with Crippen molar-refractivity contribution < 1.29 is 22.7 Å². The Morgan fingerprint density at radius 3 is 2.87 bits per heavy atom. The van der Waals surface area contributed by atoms with Gasteiger partial charge in [0.05, 0.1) is 0 Å². The van der Waals surface area contributed by atoms with Crippen molar-refractivity contribution in [2.24, 2.45) is 0 Å². The molecule has 0 saturated heterocycles. The van der Waals surface area contributed by atoms with Gasteiger partial charge in [0.25, 0.3) is 5.91 Å². The number of nitrogens with zero attached hydrogens (tertiary/aromatic N) is 2. The summed E-state index contributed by atoms with van der Waals surface area (Å²) in [5.74, 6) is -0.547. The number of rotatable bonds is 5. The summed E-state index contributed by atoms with van der Waals surface area (Å²) in [6.45, 7) is -1.44. The average Bonchev–Trinajstić information content (AvgIpc) is 2.99. The van der Waals surface area contributed by atoms with Crippen LogP contribution in [-0.2, 0) is 0 Å². The number of amides is 1. The van der Waals surface area contributed by atoms with Crippen LogP contribution < -0.4 is 4.74 Å². The number of hydrogen-bond donors (Lipinski definition) is 0. The van der Waals surface area contributed by atoms with E-state index in [9.17, 15) is 18.0 Å². The molecule has 1 aromatic rings. The number of hydrogen-bond acceptors (Lipinski definition) is 4. The van der Waals surface area contributed by atoms with Gasteiger partial charge in [0, 0.05) is 24.5 Å². The molecule has 2 atom stereocenters. The van der Waals surface area contributed by atoms with Crippen LogP contribution >= 0.6 is 11.8 Å². The first-order chi connectivity index (χ1) is 10.8. The lowest BCUT2D eigenvalue weighted by atomic mass is 10.2. The van der Waals surface area contributed by atoms with Crippen LogP contribution in [0, 0.1) is 0 Å². The minimum absolute atomic E-state index is 0.0648. The summed E-state index contributed by atoms with van der Waals surface area (Å²) in [6, 6.07) is 2.85. The Kier molecular flexibility index (Phi) is 5.78.